The molecule has 1 heterocycles. The highest BCUT2D eigenvalue weighted by atomic mass is 16.5. The second kappa shape index (κ2) is 3.80. The molecule has 3 heteroatoms. The summed E-state index contributed by atoms with van der Waals surface area (Å²) in [7, 11) is 0. The van der Waals surface area contributed by atoms with Gasteiger partial charge in [-0.3, -0.25) is 9.78 Å². The third-order valence-electron chi connectivity index (χ3n) is 3.75. The molecule has 0 saturated heterocycles. The van der Waals surface area contributed by atoms with Gasteiger partial charge in [-0.05, 0) is 32.0 Å². The Hall–Kier alpha value is -1.90. The smallest absolute Gasteiger partial charge is 0.145 e. The van der Waals surface area contributed by atoms with Gasteiger partial charge in [0.1, 0.15) is 17.6 Å². The van der Waals surface area contributed by atoms with Gasteiger partial charge in [-0.15, -0.1) is 0 Å². The van der Waals surface area contributed by atoms with Crippen molar-refractivity contribution in [2.24, 2.45) is 5.41 Å². The number of Topliss-reactive ketones (excluding diaryl/α,β-unsaturated/α-hetero) is 1. The van der Waals surface area contributed by atoms with E-state index in [0.717, 1.165) is 16.7 Å². The van der Waals surface area contributed by atoms with Crippen molar-refractivity contribution in [1.82, 2.24) is 4.98 Å². The van der Waals surface area contributed by atoms with Crippen molar-refractivity contribution >= 4 is 16.7 Å². The van der Waals surface area contributed by atoms with Crippen LogP contribution in [0.2, 0.25) is 0 Å². The first-order valence-corrected chi connectivity index (χ1v) is 6.12. The molecule has 2 aromatic rings. The van der Waals surface area contributed by atoms with Crippen LogP contribution in [-0.2, 0) is 4.79 Å². The Morgan fingerprint density at radius 1 is 1.33 bits per heavy atom. The van der Waals surface area contributed by atoms with Crippen LogP contribution in [0.15, 0.2) is 36.5 Å². The Bertz CT molecular complexity index is 619. The van der Waals surface area contributed by atoms with Crippen LogP contribution < -0.4 is 4.74 Å². The first kappa shape index (κ1) is 11.2. The number of aromatic nitrogens is 1. The lowest BCUT2D eigenvalue weighted by Gasteiger charge is -2.41. The topological polar surface area (TPSA) is 39.2 Å². The SMILES string of the molecule is CC1(C)C(=O)CC1Oc1ccc2cccnc2c1. The van der Waals surface area contributed by atoms with Crippen molar-refractivity contribution in [3.63, 3.8) is 0 Å². The van der Waals surface area contributed by atoms with E-state index in [9.17, 15) is 4.79 Å². The molecule has 1 aromatic heterocycles. The minimum atomic E-state index is -0.362. The summed E-state index contributed by atoms with van der Waals surface area (Å²) >= 11 is 0. The van der Waals surface area contributed by atoms with Crippen molar-refractivity contribution in [2.75, 3.05) is 0 Å². The van der Waals surface area contributed by atoms with Gasteiger partial charge in [-0.2, -0.15) is 0 Å². The zero-order valence-electron chi connectivity index (χ0n) is 10.5. The summed E-state index contributed by atoms with van der Waals surface area (Å²) < 4.78 is 5.88. The number of ether oxygens (including phenoxy) is 1. The monoisotopic (exact) mass is 241 g/mol. The van der Waals surface area contributed by atoms with Crippen LogP contribution in [0.25, 0.3) is 10.9 Å². The fraction of sp³-hybridized carbons (Fsp3) is 0.333. The lowest BCUT2D eigenvalue weighted by Crippen LogP contribution is -2.52. The first-order valence-electron chi connectivity index (χ1n) is 6.12. The predicted octanol–water partition coefficient (Wildman–Crippen LogP) is 2.98. The Labute approximate surface area is 106 Å². The van der Waals surface area contributed by atoms with E-state index in [4.69, 9.17) is 4.74 Å². The van der Waals surface area contributed by atoms with Crippen LogP contribution in [0.3, 0.4) is 0 Å². The van der Waals surface area contributed by atoms with E-state index in [2.05, 4.69) is 4.98 Å². The molecule has 3 nitrogen and oxygen atoms in total. The summed E-state index contributed by atoms with van der Waals surface area (Å²) in [5.41, 5.74) is 0.553. The third kappa shape index (κ3) is 1.67. The van der Waals surface area contributed by atoms with E-state index in [-0.39, 0.29) is 17.3 Å². The van der Waals surface area contributed by atoms with Gasteiger partial charge in [0.15, 0.2) is 0 Å². The van der Waals surface area contributed by atoms with Gasteiger partial charge in [0.2, 0.25) is 0 Å². The number of carbonyl (C=O) groups excluding carboxylic acids is 1. The standard InChI is InChI=1S/C15H15NO2/c1-15(2)13(17)9-14(15)18-11-6-5-10-4-3-7-16-12(10)8-11/h3-8,14H,9H2,1-2H3. The molecule has 0 spiro atoms. The summed E-state index contributed by atoms with van der Waals surface area (Å²) in [6, 6.07) is 9.78. The number of carbonyl (C=O) groups is 1. The summed E-state index contributed by atoms with van der Waals surface area (Å²) in [5.74, 6) is 1.05. The molecular weight excluding hydrogens is 226 g/mol. The molecule has 0 bridgehead atoms. The van der Waals surface area contributed by atoms with Crippen molar-refractivity contribution in [1.29, 1.82) is 0 Å². The molecule has 0 amide bonds. The van der Waals surface area contributed by atoms with Gasteiger partial charge in [0.05, 0.1) is 10.9 Å². The number of rotatable bonds is 2. The predicted molar refractivity (Wildman–Crippen MR) is 69.6 cm³/mol. The van der Waals surface area contributed by atoms with Crippen LogP contribution in [0.4, 0.5) is 0 Å². The van der Waals surface area contributed by atoms with Crippen LogP contribution in [0.1, 0.15) is 20.3 Å². The molecule has 0 radical (unpaired) electrons. The number of hydrogen-bond acceptors (Lipinski definition) is 3. The average Bonchev–Trinajstić information content (AvgIpc) is 2.38. The molecule has 1 fully saturated rings. The maximum absolute atomic E-state index is 11.5. The Balaban J connectivity index is 1.86. The van der Waals surface area contributed by atoms with Gasteiger partial charge in [0.25, 0.3) is 0 Å². The summed E-state index contributed by atoms with van der Waals surface area (Å²) in [6.07, 6.45) is 2.25. The highest BCUT2D eigenvalue weighted by Gasteiger charge is 2.49. The van der Waals surface area contributed by atoms with E-state index < -0.39 is 0 Å². The first-order chi connectivity index (χ1) is 8.57. The number of nitrogens with zero attached hydrogens (tertiary/aromatic N) is 1. The van der Waals surface area contributed by atoms with Gasteiger partial charge in [-0.1, -0.05) is 6.07 Å². The summed E-state index contributed by atoms with van der Waals surface area (Å²) in [5, 5.41) is 1.09. The molecule has 1 aliphatic carbocycles. The second-order valence-electron chi connectivity index (χ2n) is 5.31. The van der Waals surface area contributed by atoms with Crippen LogP contribution >= 0.6 is 0 Å². The Morgan fingerprint density at radius 3 is 2.89 bits per heavy atom. The number of fused-ring (bicyclic) bond motifs is 1. The zero-order valence-corrected chi connectivity index (χ0v) is 10.5. The molecule has 1 aromatic carbocycles. The molecule has 3 rings (SSSR count). The summed E-state index contributed by atoms with van der Waals surface area (Å²) in [4.78, 5) is 15.8. The fourth-order valence-electron chi connectivity index (χ4n) is 2.21. The van der Waals surface area contributed by atoms with Gasteiger partial charge < -0.3 is 4.74 Å². The maximum atomic E-state index is 11.5. The zero-order chi connectivity index (χ0) is 12.8. The number of pyridine rings is 1. The molecule has 92 valence electrons. The quantitative estimate of drug-likeness (QED) is 0.811. The number of benzene rings is 1. The normalized spacial score (nSPS) is 21.7. The molecule has 18 heavy (non-hydrogen) atoms. The lowest BCUT2D eigenvalue weighted by molar-refractivity contribution is -0.148. The summed E-state index contributed by atoms with van der Waals surface area (Å²) in [6.45, 7) is 3.87. The van der Waals surface area contributed by atoms with Crippen LogP contribution in [-0.4, -0.2) is 16.9 Å². The molecule has 0 aliphatic heterocycles. The van der Waals surface area contributed by atoms with Crippen LogP contribution in [0.5, 0.6) is 5.75 Å². The van der Waals surface area contributed by atoms with Gasteiger partial charge >= 0.3 is 0 Å². The third-order valence-corrected chi connectivity index (χ3v) is 3.75. The minimum absolute atomic E-state index is 0.0221. The minimum Gasteiger partial charge on any atom is -0.489 e. The van der Waals surface area contributed by atoms with Gasteiger partial charge in [-0.25, -0.2) is 0 Å². The van der Waals surface area contributed by atoms with Crippen molar-refractivity contribution in [3.05, 3.63) is 36.5 Å². The number of hydrogen-bond donors (Lipinski definition) is 0. The Kier molecular flexibility index (Phi) is 2.37. The molecule has 1 aliphatic rings. The van der Waals surface area contributed by atoms with E-state index >= 15 is 0 Å². The second-order valence-corrected chi connectivity index (χ2v) is 5.31. The van der Waals surface area contributed by atoms with Crippen molar-refractivity contribution < 1.29 is 9.53 Å². The highest BCUT2D eigenvalue weighted by Crippen LogP contribution is 2.39. The number of ketones is 1. The molecule has 1 unspecified atom stereocenters. The largest absolute Gasteiger partial charge is 0.489 e. The Morgan fingerprint density at radius 2 is 2.17 bits per heavy atom. The molecule has 1 atom stereocenters. The van der Waals surface area contributed by atoms with Crippen molar-refractivity contribution in [3.8, 4) is 5.75 Å². The maximum Gasteiger partial charge on any atom is 0.145 e. The molecule has 0 N–H and O–H groups in total. The van der Waals surface area contributed by atoms with E-state index in [0.29, 0.717) is 6.42 Å². The van der Waals surface area contributed by atoms with Gasteiger partial charge in [0, 0.05) is 24.1 Å². The van der Waals surface area contributed by atoms with E-state index in [1.807, 2.05) is 44.2 Å². The highest BCUT2D eigenvalue weighted by molar-refractivity contribution is 5.91. The van der Waals surface area contributed by atoms with Crippen molar-refractivity contribution in [2.45, 2.75) is 26.4 Å². The lowest BCUT2D eigenvalue weighted by atomic mass is 9.68. The van der Waals surface area contributed by atoms with E-state index in [1.54, 1.807) is 6.20 Å². The van der Waals surface area contributed by atoms with Crippen LogP contribution in [0, 0.1) is 5.41 Å². The molecular formula is C15H15NO2. The molecule has 1 saturated carbocycles. The van der Waals surface area contributed by atoms with E-state index in [1.165, 1.54) is 0 Å². The fourth-order valence-corrected chi connectivity index (χ4v) is 2.21. The average molecular weight is 241 g/mol.